The molecular formula is C17H16F3N3O3S. The van der Waals surface area contributed by atoms with E-state index in [4.69, 9.17) is 12.2 Å². The second-order valence-corrected chi connectivity index (χ2v) is 6.03. The number of anilines is 1. The van der Waals surface area contributed by atoms with Crippen molar-refractivity contribution in [1.82, 2.24) is 4.90 Å². The lowest BCUT2D eigenvalue weighted by molar-refractivity contribution is -0.384. The Morgan fingerprint density at radius 2 is 1.89 bits per heavy atom. The number of halogens is 3. The van der Waals surface area contributed by atoms with E-state index in [1.54, 1.807) is 24.1 Å². The van der Waals surface area contributed by atoms with Crippen molar-refractivity contribution in [3.8, 4) is 5.75 Å². The molecule has 0 bridgehead atoms. The summed E-state index contributed by atoms with van der Waals surface area (Å²) in [5.41, 5.74) is 1.16. The first kappa shape index (κ1) is 20.4. The van der Waals surface area contributed by atoms with E-state index in [1.807, 2.05) is 6.92 Å². The van der Waals surface area contributed by atoms with Crippen LogP contribution in [0.3, 0.4) is 0 Å². The molecule has 0 spiro atoms. The predicted octanol–water partition coefficient (Wildman–Crippen LogP) is 4.88. The highest BCUT2D eigenvalue weighted by atomic mass is 32.1. The molecule has 0 unspecified atom stereocenters. The van der Waals surface area contributed by atoms with Crippen molar-refractivity contribution in [2.45, 2.75) is 19.3 Å². The molecule has 0 aliphatic heterocycles. The van der Waals surface area contributed by atoms with Gasteiger partial charge in [0.05, 0.1) is 11.0 Å². The van der Waals surface area contributed by atoms with Crippen LogP contribution in [0.1, 0.15) is 18.5 Å². The molecular weight excluding hydrogens is 383 g/mol. The molecule has 0 radical (unpaired) electrons. The predicted molar refractivity (Wildman–Crippen MR) is 98.6 cm³/mol. The molecule has 1 N–H and O–H groups in total. The van der Waals surface area contributed by atoms with Crippen molar-refractivity contribution >= 4 is 28.7 Å². The zero-order valence-electron chi connectivity index (χ0n) is 14.4. The van der Waals surface area contributed by atoms with Gasteiger partial charge < -0.3 is 15.0 Å². The highest BCUT2D eigenvalue weighted by Gasteiger charge is 2.31. The van der Waals surface area contributed by atoms with Crippen LogP contribution in [0.15, 0.2) is 48.5 Å². The van der Waals surface area contributed by atoms with Crippen molar-refractivity contribution in [1.29, 1.82) is 0 Å². The molecule has 0 aromatic heterocycles. The number of nitro groups is 1. The van der Waals surface area contributed by atoms with Crippen LogP contribution in [0.25, 0.3) is 0 Å². The van der Waals surface area contributed by atoms with E-state index in [9.17, 15) is 23.3 Å². The highest BCUT2D eigenvalue weighted by Crippen LogP contribution is 2.26. The minimum atomic E-state index is -4.75. The van der Waals surface area contributed by atoms with Crippen LogP contribution < -0.4 is 10.1 Å². The Balaban J connectivity index is 2.04. The Morgan fingerprint density at radius 1 is 1.26 bits per heavy atom. The molecule has 0 amide bonds. The van der Waals surface area contributed by atoms with E-state index < -0.39 is 11.3 Å². The standard InChI is InChI=1S/C17H16F3N3O3S/c1-11(12-4-3-5-14(10-12)23(24)25)22(2)16(27)21-13-6-8-15(9-7-13)26-17(18,19)20/h3-11H,1-2H3,(H,21,27)/t11-/m0/s1. The summed E-state index contributed by atoms with van der Waals surface area (Å²) < 4.78 is 40.3. The number of benzene rings is 2. The van der Waals surface area contributed by atoms with Gasteiger partial charge in [-0.25, -0.2) is 0 Å². The summed E-state index contributed by atoms with van der Waals surface area (Å²) in [5.74, 6) is -0.336. The molecule has 0 aliphatic rings. The number of alkyl halides is 3. The van der Waals surface area contributed by atoms with Gasteiger partial charge >= 0.3 is 6.36 Å². The molecule has 0 aliphatic carbocycles. The lowest BCUT2D eigenvalue weighted by atomic mass is 10.1. The number of hydrogen-bond donors (Lipinski definition) is 1. The van der Waals surface area contributed by atoms with E-state index in [2.05, 4.69) is 10.1 Å². The second-order valence-electron chi connectivity index (χ2n) is 5.64. The zero-order chi connectivity index (χ0) is 20.2. The van der Waals surface area contributed by atoms with Crippen LogP contribution >= 0.6 is 12.2 Å². The molecule has 0 saturated heterocycles. The topological polar surface area (TPSA) is 67.6 Å². The molecule has 0 saturated carbocycles. The highest BCUT2D eigenvalue weighted by molar-refractivity contribution is 7.80. The third-order valence-corrected chi connectivity index (χ3v) is 4.19. The second kappa shape index (κ2) is 8.21. The van der Waals surface area contributed by atoms with Gasteiger partial charge in [0.15, 0.2) is 5.11 Å². The van der Waals surface area contributed by atoms with Crippen LogP contribution in [-0.2, 0) is 0 Å². The Bertz CT molecular complexity index is 828. The molecule has 27 heavy (non-hydrogen) atoms. The molecule has 0 heterocycles. The first-order valence-electron chi connectivity index (χ1n) is 7.71. The SMILES string of the molecule is C[C@@H](c1cccc([N+](=O)[O-])c1)N(C)C(=S)Nc1ccc(OC(F)(F)F)cc1. The Hall–Kier alpha value is -2.88. The molecule has 0 fully saturated rings. The fourth-order valence-electron chi connectivity index (χ4n) is 2.25. The van der Waals surface area contributed by atoms with Gasteiger partial charge in [-0.15, -0.1) is 13.2 Å². The number of non-ortho nitro benzene ring substituents is 1. The summed E-state index contributed by atoms with van der Waals surface area (Å²) in [4.78, 5) is 12.1. The van der Waals surface area contributed by atoms with Crippen LogP contribution in [-0.4, -0.2) is 28.3 Å². The maximum atomic E-state index is 12.2. The summed E-state index contributed by atoms with van der Waals surface area (Å²) in [6.07, 6.45) is -4.75. The number of hydrogen-bond acceptors (Lipinski definition) is 4. The van der Waals surface area contributed by atoms with Crippen molar-refractivity contribution in [3.63, 3.8) is 0 Å². The van der Waals surface area contributed by atoms with Gasteiger partial charge in [-0.05, 0) is 49.0 Å². The number of nitrogens with one attached hydrogen (secondary N) is 1. The Morgan fingerprint density at radius 3 is 2.44 bits per heavy atom. The third kappa shape index (κ3) is 5.81. The quantitative estimate of drug-likeness (QED) is 0.439. The maximum absolute atomic E-state index is 12.2. The van der Waals surface area contributed by atoms with Crippen molar-refractivity contribution in [3.05, 3.63) is 64.2 Å². The Kier molecular flexibility index (Phi) is 6.21. The van der Waals surface area contributed by atoms with Crippen LogP contribution in [0, 0.1) is 10.1 Å². The minimum absolute atomic E-state index is 0.0214. The molecule has 2 aromatic rings. The Labute approximate surface area is 158 Å². The average molecular weight is 399 g/mol. The van der Waals surface area contributed by atoms with Gasteiger partial charge in [-0.3, -0.25) is 10.1 Å². The van der Waals surface area contributed by atoms with E-state index in [0.717, 1.165) is 0 Å². The smallest absolute Gasteiger partial charge is 0.406 e. The first-order chi connectivity index (χ1) is 12.6. The van der Waals surface area contributed by atoms with Gasteiger partial charge in [0.1, 0.15) is 5.75 Å². The number of nitro benzene ring substituents is 1. The van der Waals surface area contributed by atoms with E-state index in [-0.39, 0.29) is 17.5 Å². The number of rotatable bonds is 5. The number of ether oxygens (including phenoxy) is 1. The van der Waals surface area contributed by atoms with Gasteiger partial charge in [-0.1, -0.05) is 12.1 Å². The molecule has 1 atom stereocenters. The third-order valence-electron chi connectivity index (χ3n) is 3.80. The minimum Gasteiger partial charge on any atom is -0.406 e. The van der Waals surface area contributed by atoms with Crippen molar-refractivity contribution in [2.75, 3.05) is 12.4 Å². The zero-order valence-corrected chi connectivity index (χ0v) is 15.2. The summed E-state index contributed by atoms with van der Waals surface area (Å²) in [5, 5.41) is 14.1. The summed E-state index contributed by atoms with van der Waals surface area (Å²) in [6, 6.07) is 11.1. The maximum Gasteiger partial charge on any atom is 0.573 e. The number of thiocarbonyl (C=S) groups is 1. The van der Waals surface area contributed by atoms with E-state index >= 15 is 0 Å². The van der Waals surface area contributed by atoms with Crippen LogP contribution in [0.4, 0.5) is 24.5 Å². The molecule has 2 aromatic carbocycles. The van der Waals surface area contributed by atoms with E-state index in [0.29, 0.717) is 16.4 Å². The van der Waals surface area contributed by atoms with Gasteiger partial charge in [-0.2, -0.15) is 0 Å². The van der Waals surface area contributed by atoms with Gasteiger partial charge in [0.25, 0.3) is 5.69 Å². The first-order valence-corrected chi connectivity index (χ1v) is 8.11. The molecule has 2 rings (SSSR count). The lowest BCUT2D eigenvalue weighted by Gasteiger charge is -2.28. The van der Waals surface area contributed by atoms with E-state index in [1.165, 1.54) is 36.4 Å². The van der Waals surface area contributed by atoms with Crippen LogP contribution in [0.2, 0.25) is 0 Å². The average Bonchev–Trinajstić information content (AvgIpc) is 2.61. The molecule has 144 valence electrons. The van der Waals surface area contributed by atoms with Crippen molar-refractivity contribution in [2.24, 2.45) is 0 Å². The number of nitrogens with zero attached hydrogens (tertiary/aromatic N) is 2. The van der Waals surface area contributed by atoms with Crippen LogP contribution in [0.5, 0.6) is 5.75 Å². The van der Waals surface area contributed by atoms with Gasteiger partial charge in [0, 0.05) is 24.9 Å². The normalized spacial score (nSPS) is 12.2. The summed E-state index contributed by atoms with van der Waals surface area (Å²) >= 11 is 5.31. The summed E-state index contributed by atoms with van der Waals surface area (Å²) in [7, 11) is 1.71. The lowest BCUT2D eigenvalue weighted by Crippen LogP contribution is -2.33. The fourth-order valence-corrected chi connectivity index (χ4v) is 2.53. The molecule has 6 nitrogen and oxygen atoms in total. The molecule has 10 heteroatoms. The van der Waals surface area contributed by atoms with Gasteiger partial charge in [0.2, 0.25) is 0 Å². The largest absolute Gasteiger partial charge is 0.573 e. The monoisotopic (exact) mass is 399 g/mol. The fraction of sp³-hybridized carbons (Fsp3) is 0.235. The van der Waals surface area contributed by atoms with Crippen molar-refractivity contribution < 1.29 is 22.8 Å². The summed E-state index contributed by atoms with van der Waals surface area (Å²) in [6.45, 7) is 1.83.